The first-order chi connectivity index (χ1) is 10.8. The Labute approximate surface area is 135 Å². The molecular formula is C12H22O10S. The average Bonchev–Trinajstić information content (AvgIpc) is 2.55. The average molecular weight is 358 g/mol. The van der Waals surface area contributed by atoms with Crippen molar-refractivity contribution in [3.63, 3.8) is 0 Å². The molecule has 0 amide bonds. The Morgan fingerprint density at radius 1 is 0.652 bits per heavy atom. The summed E-state index contributed by atoms with van der Waals surface area (Å²) in [6.07, 6.45) is -11.6. The Morgan fingerprint density at radius 3 is 1.83 bits per heavy atom. The maximum atomic E-state index is 10.0. The first-order valence-electron chi connectivity index (χ1n) is 7.08. The van der Waals surface area contributed by atoms with E-state index in [-0.39, 0.29) is 0 Å². The summed E-state index contributed by atoms with van der Waals surface area (Å²) in [5, 5.41) is 76.0. The second kappa shape index (κ2) is 7.89. The molecule has 0 aromatic heterocycles. The zero-order chi connectivity index (χ0) is 17.3. The molecule has 2 saturated heterocycles. The van der Waals surface area contributed by atoms with Crippen molar-refractivity contribution >= 4 is 11.8 Å². The van der Waals surface area contributed by atoms with Crippen LogP contribution in [0.3, 0.4) is 0 Å². The zero-order valence-electron chi connectivity index (χ0n) is 12.0. The molecule has 0 bridgehead atoms. The van der Waals surface area contributed by atoms with Crippen LogP contribution in [0.4, 0.5) is 0 Å². The van der Waals surface area contributed by atoms with Crippen LogP contribution in [0.25, 0.3) is 0 Å². The monoisotopic (exact) mass is 358 g/mol. The lowest BCUT2D eigenvalue weighted by atomic mass is 10.0. The lowest BCUT2D eigenvalue weighted by molar-refractivity contribution is -0.249. The van der Waals surface area contributed by atoms with Crippen molar-refractivity contribution in [2.75, 3.05) is 13.2 Å². The van der Waals surface area contributed by atoms with E-state index >= 15 is 0 Å². The highest BCUT2D eigenvalue weighted by molar-refractivity contribution is 8.00. The van der Waals surface area contributed by atoms with E-state index in [2.05, 4.69) is 0 Å². The number of aliphatic hydroxyl groups is 8. The van der Waals surface area contributed by atoms with Gasteiger partial charge in [-0.1, -0.05) is 0 Å². The minimum absolute atomic E-state index is 0.573. The van der Waals surface area contributed by atoms with E-state index < -0.39 is 72.9 Å². The topological polar surface area (TPSA) is 180 Å². The number of thioether (sulfide) groups is 1. The molecule has 0 unspecified atom stereocenters. The maximum absolute atomic E-state index is 10.0. The van der Waals surface area contributed by atoms with Crippen molar-refractivity contribution < 1.29 is 50.3 Å². The molecule has 23 heavy (non-hydrogen) atoms. The van der Waals surface area contributed by atoms with Crippen LogP contribution >= 0.6 is 11.8 Å². The summed E-state index contributed by atoms with van der Waals surface area (Å²) in [6, 6.07) is 0. The maximum Gasteiger partial charge on any atom is 0.183 e. The Hall–Kier alpha value is -0.0500. The summed E-state index contributed by atoms with van der Waals surface area (Å²) >= 11 is 0.761. The van der Waals surface area contributed by atoms with Crippen LogP contribution in [0.1, 0.15) is 0 Å². The van der Waals surface area contributed by atoms with Gasteiger partial charge < -0.3 is 50.3 Å². The zero-order valence-corrected chi connectivity index (χ0v) is 12.8. The van der Waals surface area contributed by atoms with E-state index in [1.54, 1.807) is 0 Å². The number of hydrogen-bond acceptors (Lipinski definition) is 11. The molecule has 0 aromatic rings. The third-order valence-corrected chi connectivity index (χ3v) is 5.53. The fraction of sp³-hybridized carbons (Fsp3) is 1.00. The van der Waals surface area contributed by atoms with Crippen LogP contribution in [0.2, 0.25) is 0 Å². The third kappa shape index (κ3) is 3.80. The van der Waals surface area contributed by atoms with Gasteiger partial charge in [0.1, 0.15) is 36.0 Å². The van der Waals surface area contributed by atoms with E-state index in [0.717, 1.165) is 11.8 Å². The van der Waals surface area contributed by atoms with Gasteiger partial charge in [-0.05, 0) is 0 Å². The van der Waals surface area contributed by atoms with Gasteiger partial charge in [-0.2, -0.15) is 0 Å². The molecule has 2 aliphatic heterocycles. The standard InChI is InChI=1S/C12H22O10S/c13-1-3-5(15)6(16)9(19)12(22-3)23-10-4(2-14)21-11(20)8(18)7(10)17/h3-20H,1-2H2/t3-,4-,5-,6+,7-,8-,9-,10-,11-,12-/m1/s1. The lowest BCUT2D eigenvalue weighted by Crippen LogP contribution is -2.61. The van der Waals surface area contributed by atoms with Crippen LogP contribution in [0.5, 0.6) is 0 Å². The van der Waals surface area contributed by atoms with Crippen molar-refractivity contribution in [2.24, 2.45) is 0 Å². The largest absolute Gasteiger partial charge is 0.394 e. The van der Waals surface area contributed by atoms with Crippen LogP contribution < -0.4 is 0 Å². The van der Waals surface area contributed by atoms with Gasteiger partial charge in [0.25, 0.3) is 0 Å². The van der Waals surface area contributed by atoms with Crippen molar-refractivity contribution in [2.45, 2.75) is 59.7 Å². The van der Waals surface area contributed by atoms with Crippen molar-refractivity contribution in [1.29, 1.82) is 0 Å². The predicted molar refractivity (Wildman–Crippen MR) is 75.1 cm³/mol. The first-order valence-corrected chi connectivity index (χ1v) is 8.02. The molecule has 2 aliphatic rings. The summed E-state index contributed by atoms with van der Waals surface area (Å²) in [5.41, 5.74) is -1.16. The number of hydrogen-bond donors (Lipinski definition) is 8. The summed E-state index contributed by atoms with van der Waals surface area (Å²) in [6.45, 7) is -1.17. The van der Waals surface area contributed by atoms with E-state index in [9.17, 15) is 35.7 Å². The van der Waals surface area contributed by atoms with Crippen LogP contribution in [-0.4, -0.2) is 114 Å². The molecule has 2 heterocycles. The Morgan fingerprint density at radius 2 is 1.26 bits per heavy atom. The van der Waals surface area contributed by atoms with E-state index in [1.807, 2.05) is 0 Å². The van der Waals surface area contributed by atoms with Gasteiger partial charge in [-0.15, -0.1) is 11.8 Å². The van der Waals surface area contributed by atoms with Gasteiger partial charge >= 0.3 is 0 Å². The SMILES string of the molecule is OC[C@H]1O[C@H](S[C@H]2[C@H](O)[C@@H](O)[C@H](O)O[C@@H]2CO)[C@H](O)[C@@H](O)[C@@H]1O. The van der Waals surface area contributed by atoms with Gasteiger partial charge in [0, 0.05) is 0 Å². The van der Waals surface area contributed by atoms with E-state index in [4.69, 9.17) is 14.6 Å². The molecule has 2 fully saturated rings. The molecule has 0 radical (unpaired) electrons. The Balaban J connectivity index is 2.11. The summed E-state index contributed by atoms with van der Waals surface area (Å²) in [5.74, 6) is 0. The molecule has 11 heteroatoms. The minimum Gasteiger partial charge on any atom is -0.394 e. The molecule has 2 rings (SSSR count). The third-order valence-electron chi connectivity index (χ3n) is 3.98. The fourth-order valence-corrected chi connectivity index (χ4v) is 4.06. The molecular weight excluding hydrogens is 336 g/mol. The van der Waals surface area contributed by atoms with Gasteiger partial charge in [-0.3, -0.25) is 0 Å². The minimum atomic E-state index is -1.67. The highest BCUT2D eigenvalue weighted by Crippen LogP contribution is 2.37. The normalized spacial score (nSPS) is 51.7. The lowest BCUT2D eigenvalue weighted by Gasteiger charge is -2.44. The Kier molecular flexibility index (Phi) is 6.61. The van der Waals surface area contributed by atoms with Crippen molar-refractivity contribution in [3.8, 4) is 0 Å². The summed E-state index contributed by atoms with van der Waals surface area (Å²) < 4.78 is 10.3. The van der Waals surface area contributed by atoms with Crippen LogP contribution in [-0.2, 0) is 9.47 Å². The van der Waals surface area contributed by atoms with Gasteiger partial charge in [-0.25, -0.2) is 0 Å². The summed E-state index contributed by atoms with van der Waals surface area (Å²) in [7, 11) is 0. The van der Waals surface area contributed by atoms with Crippen molar-refractivity contribution in [3.05, 3.63) is 0 Å². The quantitative estimate of drug-likeness (QED) is 0.242. The van der Waals surface area contributed by atoms with Gasteiger partial charge in [0.2, 0.25) is 0 Å². The first kappa shape index (κ1) is 19.3. The molecule has 10 atom stereocenters. The molecule has 8 N–H and O–H groups in total. The van der Waals surface area contributed by atoms with E-state index in [1.165, 1.54) is 0 Å². The molecule has 136 valence electrons. The fourth-order valence-electron chi connectivity index (χ4n) is 2.57. The molecule has 0 spiro atoms. The van der Waals surface area contributed by atoms with Gasteiger partial charge in [0.05, 0.1) is 30.7 Å². The highest BCUT2D eigenvalue weighted by atomic mass is 32.2. The van der Waals surface area contributed by atoms with Crippen molar-refractivity contribution in [1.82, 2.24) is 0 Å². The highest BCUT2D eigenvalue weighted by Gasteiger charge is 2.49. The smallest absolute Gasteiger partial charge is 0.183 e. The number of rotatable bonds is 4. The predicted octanol–water partition coefficient (Wildman–Crippen LogP) is -4.68. The molecule has 0 saturated carbocycles. The molecule has 0 aliphatic carbocycles. The van der Waals surface area contributed by atoms with Crippen LogP contribution in [0, 0.1) is 0 Å². The number of ether oxygens (including phenoxy) is 2. The second-order valence-corrected chi connectivity index (χ2v) is 6.81. The molecule has 10 nitrogen and oxygen atoms in total. The summed E-state index contributed by atoms with van der Waals surface area (Å²) in [4.78, 5) is 0. The molecule has 0 aromatic carbocycles. The van der Waals surface area contributed by atoms with Gasteiger partial charge in [0.15, 0.2) is 6.29 Å². The van der Waals surface area contributed by atoms with Crippen LogP contribution in [0.15, 0.2) is 0 Å². The second-order valence-electron chi connectivity index (χ2n) is 5.53. The number of aliphatic hydroxyl groups excluding tert-OH is 8. The Bertz CT molecular complexity index is 383. The van der Waals surface area contributed by atoms with E-state index in [0.29, 0.717) is 0 Å².